The highest BCUT2D eigenvalue weighted by atomic mass is 35.5. The van der Waals surface area contributed by atoms with Crippen molar-refractivity contribution in [1.29, 1.82) is 0 Å². The van der Waals surface area contributed by atoms with Crippen LogP contribution in [-0.4, -0.2) is 9.78 Å². The average molecular weight is 158 g/mol. The Bertz CT molecular complexity index is 208. The maximum atomic E-state index is 5.72. The van der Waals surface area contributed by atoms with E-state index in [1.54, 1.807) is 4.68 Å². The molecule has 0 N–H and O–H groups in total. The van der Waals surface area contributed by atoms with E-state index in [1.807, 2.05) is 7.05 Å². The first-order valence-corrected chi connectivity index (χ1v) is 3.60. The van der Waals surface area contributed by atoms with Crippen LogP contribution in [0.5, 0.6) is 0 Å². The first kappa shape index (κ1) is 7.61. The SMILES string of the molecule is CC(C)c1[c]c(Cl)n(C)n1. The Balaban J connectivity index is 2.98. The van der Waals surface area contributed by atoms with Gasteiger partial charge in [0.2, 0.25) is 0 Å². The molecule has 0 aromatic carbocycles. The van der Waals surface area contributed by atoms with Gasteiger partial charge in [-0.1, -0.05) is 25.4 Å². The maximum absolute atomic E-state index is 5.72. The van der Waals surface area contributed by atoms with Crippen LogP contribution < -0.4 is 0 Å². The van der Waals surface area contributed by atoms with Crippen molar-refractivity contribution >= 4 is 11.6 Å². The van der Waals surface area contributed by atoms with E-state index < -0.39 is 0 Å². The lowest BCUT2D eigenvalue weighted by Crippen LogP contribution is -1.93. The lowest BCUT2D eigenvalue weighted by atomic mass is 10.1. The lowest BCUT2D eigenvalue weighted by molar-refractivity contribution is 0.713. The predicted molar refractivity (Wildman–Crippen MR) is 41.1 cm³/mol. The minimum Gasteiger partial charge on any atom is -0.256 e. The van der Waals surface area contributed by atoms with Gasteiger partial charge in [-0.2, -0.15) is 5.10 Å². The molecule has 0 saturated carbocycles. The third-order valence-electron chi connectivity index (χ3n) is 1.32. The third kappa shape index (κ3) is 1.32. The van der Waals surface area contributed by atoms with Crippen molar-refractivity contribution in [2.75, 3.05) is 0 Å². The van der Waals surface area contributed by atoms with Gasteiger partial charge in [0.05, 0.1) is 5.69 Å². The van der Waals surface area contributed by atoms with Crippen LogP contribution in [0.2, 0.25) is 5.15 Å². The molecule has 0 bridgehead atoms. The van der Waals surface area contributed by atoms with E-state index in [2.05, 4.69) is 25.0 Å². The fraction of sp³-hybridized carbons (Fsp3) is 0.571. The summed E-state index contributed by atoms with van der Waals surface area (Å²) in [6.07, 6.45) is 0. The second kappa shape index (κ2) is 2.62. The zero-order valence-electron chi connectivity index (χ0n) is 6.35. The molecule has 0 aliphatic heterocycles. The Morgan fingerprint density at radius 1 is 1.60 bits per heavy atom. The van der Waals surface area contributed by atoms with Crippen LogP contribution in [0.3, 0.4) is 0 Å². The molecule has 0 aliphatic rings. The summed E-state index contributed by atoms with van der Waals surface area (Å²) in [6.45, 7) is 4.13. The quantitative estimate of drug-likeness (QED) is 0.610. The van der Waals surface area contributed by atoms with E-state index in [9.17, 15) is 0 Å². The number of hydrogen-bond acceptors (Lipinski definition) is 1. The van der Waals surface area contributed by atoms with Crippen molar-refractivity contribution in [1.82, 2.24) is 9.78 Å². The summed E-state index contributed by atoms with van der Waals surface area (Å²) in [5.41, 5.74) is 0.924. The van der Waals surface area contributed by atoms with Crippen LogP contribution in [0.1, 0.15) is 25.5 Å². The summed E-state index contributed by atoms with van der Waals surface area (Å²) in [6, 6.07) is 2.96. The zero-order valence-corrected chi connectivity index (χ0v) is 7.11. The van der Waals surface area contributed by atoms with E-state index >= 15 is 0 Å². The first-order chi connectivity index (χ1) is 4.61. The van der Waals surface area contributed by atoms with Gasteiger partial charge in [-0.25, -0.2) is 0 Å². The molecular formula is C7H10ClN2. The van der Waals surface area contributed by atoms with Crippen LogP contribution in [0.15, 0.2) is 0 Å². The molecule has 1 heterocycles. The normalized spacial score (nSPS) is 10.9. The largest absolute Gasteiger partial charge is 0.256 e. The molecule has 0 aliphatic carbocycles. The smallest absolute Gasteiger partial charge is 0.135 e. The zero-order chi connectivity index (χ0) is 7.72. The van der Waals surface area contributed by atoms with Gasteiger partial charge in [-0.15, -0.1) is 0 Å². The summed E-state index contributed by atoms with van der Waals surface area (Å²) < 4.78 is 1.62. The number of hydrogen-bond donors (Lipinski definition) is 0. The maximum Gasteiger partial charge on any atom is 0.135 e. The Morgan fingerprint density at radius 2 is 2.20 bits per heavy atom. The Morgan fingerprint density at radius 3 is 2.40 bits per heavy atom. The number of halogens is 1. The van der Waals surface area contributed by atoms with Crippen molar-refractivity contribution in [3.63, 3.8) is 0 Å². The molecule has 3 heteroatoms. The minimum atomic E-state index is 0.402. The van der Waals surface area contributed by atoms with Gasteiger partial charge < -0.3 is 0 Å². The molecular weight excluding hydrogens is 148 g/mol. The van der Waals surface area contributed by atoms with E-state index in [4.69, 9.17) is 11.6 Å². The fourth-order valence-corrected chi connectivity index (χ4v) is 0.811. The Hall–Kier alpha value is -0.500. The summed E-state index contributed by atoms with van der Waals surface area (Å²) in [5.74, 6) is 0.402. The topological polar surface area (TPSA) is 17.8 Å². The number of rotatable bonds is 1. The van der Waals surface area contributed by atoms with Gasteiger partial charge in [-0.3, -0.25) is 4.68 Å². The van der Waals surface area contributed by atoms with Crippen molar-refractivity contribution in [2.24, 2.45) is 7.05 Å². The molecule has 0 saturated heterocycles. The molecule has 1 aromatic rings. The highest BCUT2D eigenvalue weighted by molar-refractivity contribution is 6.29. The van der Waals surface area contributed by atoms with Gasteiger partial charge in [0, 0.05) is 13.1 Å². The van der Waals surface area contributed by atoms with Crippen molar-refractivity contribution in [2.45, 2.75) is 19.8 Å². The molecule has 0 amide bonds. The molecule has 0 spiro atoms. The van der Waals surface area contributed by atoms with Gasteiger partial charge in [0.25, 0.3) is 0 Å². The standard InChI is InChI=1S/C7H10ClN2/c1-5(2)6-4-7(8)10(3)9-6/h5H,1-3H3. The van der Waals surface area contributed by atoms with Crippen LogP contribution in [0.4, 0.5) is 0 Å². The Labute approximate surface area is 65.8 Å². The second-order valence-corrected chi connectivity index (χ2v) is 2.94. The molecule has 1 radical (unpaired) electrons. The summed E-state index contributed by atoms with van der Waals surface area (Å²) in [5, 5.41) is 4.71. The summed E-state index contributed by atoms with van der Waals surface area (Å²) >= 11 is 5.72. The number of aromatic nitrogens is 2. The summed E-state index contributed by atoms with van der Waals surface area (Å²) in [7, 11) is 1.81. The van der Waals surface area contributed by atoms with E-state index in [1.165, 1.54) is 0 Å². The van der Waals surface area contributed by atoms with E-state index in [0.29, 0.717) is 11.1 Å². The molecule has 0 unspecified atom stereocenters. The molecule has 55 valence electrons. The van der Waals surface area contributed by atoms with Crippen LogP contribution in [-0.2, 0) is 7.05 Å². The molecule has 2 nitrogen and oxygen atoms in total. The number of aryl methyl sites for hydroxylation is 1. The van der Waals surface area contributed by atoms with Crippen LogP contribution in [0.25, 0.3) is 0 Å². The average Bonchev–Trinajstić information content (AvgIpc) is 2.13. The van der Waals surface area contributed by atoms with Gasteiger partial charge in [0.15, 0.2) is 0 Å². The van der Waals surface area contributed by atoms with Gasteiger partial charge in [0.1, 0.15) is 5.15 Å². The fourth-order valence-electron chi connectivity index (χ4n) is 0.677. The molecule has 1 aromatic heterocycles. The van der Waals surface area contributed by atoms with Crippen LogP contribution >= 0.6 is 11.6 Å². The molecule has 0 atom stereocenters. The van der Waals surface area contributed by atoms with Gasteiger partial charge >= 0.3 is 0 Å². The number of nitrogens with zero attached hydrogens (tertiary/aromatic N) is 2. The highest BCUT2D eigenvalue weighted by Gasteiger charge is 2.05. The highest BCUT2D eigenvalue weighted by Crippen LogP contribution is 2.15. The van der Waals surface area contributed by atoms with E-state index in [-0.39, 0.29) is 0 Å². The van der Waals surface area contributed by atoms with E-state index in [0.717, 1.165) is 5.69 Å². The Kier molecular flexibility index (Phi) is 2.00. The molecule has 0 fully saturated rings. The second-order valence-electron chi connectivity index (χ2n) is 2.58. The third-order valence-corrected chi connectivity index (χ3v) is 1.66. The van der Waals surface area contributed by atoms with Crippen LogP contribution in [0, 0.1) is 6.07 Å². The first-order valence-electron chi connectivity index (χ1n) is 3.23. The van der Waals surface area contributed by atoms with Crippen molar-refractivity contribution in [3.05, 3.63) is 16.9 Å². The molecule has 1 rings (SSSR count). The van der Waals surface area contributed by atoms with Gasteiger partial charge in [-0.05, 0) is 5.92 Å². The minimum absolute atomic E-state index is 0.402. The molecule has 10 heavy (non-hydrogen) atoms. The predicted octanol–water partition coefficient (Wildman–Crippen LogP) is 2.00. The summed E-state index contributed by atoms with van der Waals surface area (Å²) in [4.78, 5) is 0. The lowest BCUT2D eigenvalue weighted by Gasteiger charge is -1.95. The monoisotopic (exact) mass is 157 g/mol. The van der Waals surface area contributed by atoms with Crippen molar-refractivity contribution < 1.29 is 0 Å². The van der Waals surface area contributed by atoms with Crippen molar-refractivity contribution in [3.8, 4) is 0 Å².